The Kier molecular flexibility index (Phi) is 5.18. The maximum atomic E-state index is 12.7. The number of nitrogens with zero attached hydrogens (tertiary/aromatic N) is 1. The van der Waals surface area contributed by atoms with Gasteiger partial charge in [0.05, 0.1) is 5.54 Å². The van der Waals surface area contributed by atoms with Crippen LogP contribution in [0, 0.1) is 0 Å². The Morgan fingerprint density at radius 1 is 1.50 bits per heavy atom. The van der Waals surface area contributed by atoms with Crippen molar-refractivity contribution in [2.45, 2.75) is 44.8 Å². The Hall–Kier alpha value is -0.910. The van der Waals surface area contributed by atoms with E-state index in [1.165, 1.54) is 5.56 Å². The van der Waals surface area contributed by atoms with Gasteiger partial charge in [-0.2, -0.15) is 11.3 Å². The molecule has 0 radical (unpaired) electrons. The zero-order chi connectivity index (χ0) is 14.6. The first-order chi connectivity index (χ1) is 9.62. The SMILES string of the molecule is CCC1(C)NC(c2ccsc2)N(CCCCOC)C1=O. The van der Waals surface area contributed by atoms with E-state index in [0.717, 1.165) is 32.4 Å². The summed E-state index contributed by atoms with van der Waals surface area (Å²) in [5.74, 6) is 0.216. The number of carbonyl (C=O) groups excluding carboxylic acids is 1. The Morgan fingerprint density at radius 2 is 2.30 bits per heavy atom. The van der Waals surface area contributed by atoms with Crippen molar-refractivity contribution in [2.24, 2.45) is 0 Å². The molecule has 1 saturated heterocycles. The lowest BCUT2D eigenvalue weighted by molar-refractivity contribution is -0.133. The third-order valence-electron chi connectivity index (χ3n) is 4.06. The fourth-order valence-electron chi connectivity index (χ4n) is 2.58. The molecule has 1 aromatic rings. The lowest BCUT2D eigenvalue weighted by Gasteiger charge is -2.23. The largest absolute Gasteiger partial charge is 0.385 e. The number of amides is 1. The Labute approximate surface area is 125 Å². The maximum absolute atomic E-state index is 12.7. The van der Waals surface area contributed by atoms with E-state index in [4.69, 9.17) is 4.74 Å². The van der Waals surface area contributed by atoms with Crippen molar-refractivity contribution < 1.29 is 9.53 Å². The van der Waals surface area contributed by atoms with E-state index in [0.29, 0.717) is 0 Å². The number of nitrogens with one attached hydrogen (secondary N) is 1. The summed E-state index contributed by atoms with van der Waals surface area (Å²) in [4.78, 5) is 14.7. The third-order valence-corrected chi connectivity index (χ3v) is 4.76. The molecule has 0 spiro atoms. The van der Waals surface area contributed by atoms with Gasteiger partial charge in [-0.1, -0.05) is 6.92 Å². The van der Waals surface area contributed by atoms with Gasteiger partial charge in [0.15, 0.2) is 0 Å². The van der Waals surface area contributed by atoms with E-state index in [-0.39, 0.29) is 12.1 Å². The average Bonchev–Trinajstić information content (AvgIpc) is 3.05. The topological polar surface area (TPSA) is 41.6 Å². The number of carbonyl (C=O) groups is 1. The Balaban J connectivity index is 2.09. The van der Waals surface area contributed by atoms with Crippen LogP contribution < -0.4 is 5.32 Å². The summed E-state index contributed by atoms with van der Waals surface area (Å²) in [6, 6.07) is 2.10. The first kappa shape index (κ1) is 15.5. The van der Waals surface area contributed by atoms with E-state index in [2.05, 4.69) is 29.1 Å². The molecule has 112 valence electrons. The number of thiophene rings is 1. The van der Waals surface area contributed by atoms with Crippen LogP contribution in [0.2, 0.25) is 0 Å². The molecule has 1 amide bonds. The Morgan fingerprint density at radius 3 is 2.90 bits per heavy atom. The van der Waals surface area contributed by atoms with Crippen molar-refractivity contribution in [3.05, 3.63) is 22.4 Å². The third kappa shape index (κ3) is 3.05. The van der Waals surface area contributed by atoms with Crippen LogP contribution in [0.1, 0.15) is 44.8 Å². The van der Waals surface area contributed by atoms with Gasteiger partial charge in [-0.25, -0.2) is 0 Å². The van der Waals surface area contributed by atoms with Crippen LogP contribution in [0.25, 0.3) is 0 Å². The quantitative estimate of drug-likeness (QED) is 0.787. The number of rotatable bonds is 7. The number of ether oxygens (including phenoxy) is 1. The molecule has 0 bridgehead atoms. The predicted octanol–water partition coefficient (Wildman–Crippen LogP) is 2.77. The smallest absolute Gasteiger partial charge is 0.244 e. The van der Waals surface area contributed by atoms with Gasteiger partial charge in [0.2, 0.25) is 5.91 Å². The van der Waals surface area contributed by atoms with Gasteiger partial charge < -0.3 is 9.64 Å². The molecule has 0 aliphatic carbocycles. The van der Waals surface area contributed by atoms with Gasteiger partial charge in [-0.15, -0.1) is 0 Å². The molecule has 1 aliphatic rings. The standard InChI is InChI=1S/C15H24N2O2S/c1-4-15(2)14(18)17(8-5-6-9-19-3)13(16-15)12-7-10-20-11-12/h7,10-11,13,16H,4-6,8-9H2,1-3H3. The molecular formula is C15H24N2O2S. The highest BCUT2D eigenvalue weighted by atomic mass is 32.1. The minimum atomic E-state index is -0.437. The Bertz CT molecular complexity index is 435. The van der Waals surface area contributed by atoms with Crippen LogP contribution in [0.4, 0.5) is 0 Å². The predicted molar refractivity (Wildman–Crippen MR) is 81.7 cm³/mol. The fourth-order valence-corrected chi connectivity index (χ4v) is 3.26. The van der Waals surface area contributed by atoms with Crippen LogP contribution in [0.15, 0.2) is 16.8 Å². The molecular weight excluding hydrogens is 272 g/mol. The van der Waals surface area contributed by atoms with E-state index in [1.807, 2.05) is 11.8 Å². The van der Waals surface area contributed by atoms with Crippen LogP contribution in [0.5, 0.6) is 0 Å². The number of unbranched alkanes of at least 4 members (excludes halogenated alkanes) is 1. The minimum absolute atomic E-state index is 0.0150. The molecule has 2 atom stereocenters. The molecule has 2 heterocycles. The average molecular weight is 296 g/mol. The maximum Gasteiger partial charge on any atom is 0.244 e. The van der Waals surface area contributed by atoms with Crippen molar-refractivity contribution in [2.75, 3.05) is 20.3 Å². The molecule has 0 aromatic carbocycles. The lowest BCUT2D eigenvalue weighted by atomic mass is 9.99. The van der Waals surface area contributed by atoms with Gasteiger partial charge in [0.1, 0.15) is 6.17 Å². The highest BCUT2D eigenvalue weighted by molar-refractivity contribution is 7.07. The molecule has 1 aromatic heterocycles. The zero-order valence-corrected chi connectivity index (χ0v) is 13.3. The van der Waals surface area contributed by atoms with E-state index in [9.17, 15) is 4.79 Å². The molecule has 1 aliphatic heterocycles. The highest BCUT2D eigenvalue weighted by Gasteiger charge is 2.46. The summed E-state index contributed by atoms with van der Waals surface area (Å²) in [6.07, 6.45) is 2.78. The molecule has 2 unspecified atom stereocenters. The molecule has 1 N–H and O–H groups in total. The van der Waals surface area contributed by atoms with Crippen molar-refractivity contribution in [1.29, 1.82) is 0 Å². The van der Waals surface area contributed by atoms with Gasteiger partial charge in [-0.05, 0) is 48.6 Å². The lowest BCUT2D eigenvalue weighted by Crippen LogP contribution is -2.43. The van der Waals surface area contributed by atoms with Crippen LogP contribution in [-0.4, -0.2) is 36.6 Å². The molecule has 20 heavy (non-hydrogen) atoms. The van der Waals surface area contributed by atoms with E-state index in [1.54, 1.807) is 18.4 Å². The van der Waals surface area contributed by atoms with Gasteiger partial charge >= 0.3 is 0 Å². The van der Waals surface area contributed by atoms with Crippen LogP contribution in [0.3, 0.4) is 0 Å². The molecule has 1 fully saturated rings. The normalized spacial score (nSPS) is 26.4. The fraction of sp³-hybridized carbons (Fsp3) is 0.667. The number of hydrogen-bond acceptors (Lipinski definition) is 4. The number of methoxy groups -OCH3 is 1. The van der Waals surface area contributed by atoms with Crippen molar-refractivity contribution in [3.8, 4) is 0 Å². The van der Waals surface area contributed by atoms with E-state index < -0.39 is 5.54 Å². The van der Waals surface area contributed by atoms with Gasteiger partial charge in [-0.3, -0.25) is 10.1 Å². The molecule has 2 rings (SSSR count). The monoisotopic (exact) mass is 296 g/mol. The first-order valence-electron chi connectivity index (χ1n) is 7.22. The van der Waals surface area contributed by atoms with Gasteiger partial charge in [0.25, 0.3) is 0 Å². The van der Waals surface area contributed by atoms with Gasteiger partial charge in [0, 0.05) is 20.3 Å². The second-order valence-corrected chi connectivity index (χ2v) is 6.27. The summed E-state index contributed by atoms with van der Waals surface area (Å²) in [5.41, 5.74) is 0.751. The number of hydrogen-bond donors (Lipinski definition) is 1. The second kappa shape index (κ2) is 6.70. The summed E-state index contributed by atoms with van der Waals surface area (Å²) in [5, 5.41) is 7.69. The van der Waals surface area contributed by atoms with Crippen molar-refractivity contribution >= 4 is 17.2 Å². The molecule has 0 saturated carbocycles. The highest BCUT2D eigenvalue weighted by Crippen LogP contribution is 2.33. The summed E-state index contributed by atoms with van der Waals surface area (Å²) >= 11 is 1.67. The zero-order valence-electron chi connectivity index (χ0n) is 12.5. The summed E-state index contributed by atoms with van der Waals surface area (Å²) in [6.45, 7) is 5.60. The summed E-state index contributed by atoms with van der Waals surface area (Å²) in [7, 11) is 1.71. The van der Waals surface area contributed by atoms with E-state index >= 15 is 0 Å². The van der Waals surface area contributed by atoms with Crippen molar-refractivity contribution in [3.63, 3.8) is 0 Å². The molecule has 4 nitrogen and oxygen atoms in total. The van der Waals surface area contributed by atoms with Crippen LogP contribution >= 0.6 is 11.3 Å². The summed E-state index contributed by atoms with van der Waals surface area (Å²) < 4.78 is 5.08. The molecule has 5 heteroatoms. The minimum Gasteiger partial charge on any atom is -0.385 e. The van der Waals surface area contributed by atoms with Crippen LogP contribution in [-0.2, 0) is 9.53 Å². The van der Waals surface area contributed by atoms with Crippen molar-refractivity contribution in [1.82, 2.24) is 10.2 Å². The first-order valence-corrected chi connectivity index (χ1v) is 8.16. The second-order valence-electron chi connectivity index (χ2n) is 5.49.